The molecule has 1 aliphatic heterocycles. The summed E-state index contributed by atoms with van der Waals surface area (Å²) in [5, 5.41) is 18.4. The zero-order valence-electron chi connectivity index (χ0n) is 22.9. The van der Waals surface area contributed by atoms with Gasteiger partial charge in [0.2, 0.25) is 10.0 Å². The zero-order chi connectivity index (χ0) is 27.7. The van der Waals surface area contributed by atoms with Gasteiger partial charge in [-0.3, -0.25) is 9.48 Å². The molecule has 0 amide bonds. The molecule has 0 aliphatic carbocycles. The van der Waals surface area contributed by atoms with E-state index in [-0.39, 0.29) is 18.4 Å². The monoisotopic (exact) mass is 538 g/mol. The fraction of sp³-hybridized carbons (Fsp3) is 0.483. The first kappa shape index (κ1) is 28.0. The summed E-state index contributed by atoms with van der Waals surface area (Å²) >= 11 is 0. The molecule has 0 bridgehead atoms. The van der Waals surface area contributed by atoms with Crippen molar-refractivity contribution < 1.29 is 18.3 Å². The molecular formula is C29H38N4O4S. The van der Waals surface area contributed by atoms with Gasteiger partial charge in [-0.15, -0.1) is 5.10 Å². The minimum atomic E-state index is -3.67. The van der Waals surface area contributed by atoms with Gasteiger partial charge in [-0.1, -0.05) is 48.5 Å². The van der Waals surface area contributed by atoms with E-state index in [2.05, 4.69) is 17.2 Å². The molecule has 0 radical (unpaired) electrons. The van der Waals surface area contributed by atoms with Gasteiger partial charge in [-0.25, -0.2) is 8.42 Å². The third-order valence-electron chi connectivity index (χ3n) is 7.82. The molecule has 3 aromatic rings. The van der Waals surface area contributed by atoms with Crippen molar-refractivity contribution in [1.82, 2.24) is 19.3 Å². The van der Waals surface area contributed by atoms with Gasteiger partial charge in [-0.2, -0.15) is 4.31 Å². The second kappa shape index (κ2) is 11.0. The van der Waals surface area contributed by atoms with Gasteiger partial charge in [-0.05, 0) is 87.1 Å². The number of hydrogen-bond acceptors (Lipinski definition) is 5. The minimum absolute atomic E-state index is 0.173. The summed E-state index contributed by atoms with van der Waals surface area (Å²) in [4.78, 5) is 12.7. The van der Waals surface area contributed by atoms with Gasteiger partial charge in [0.1, 0.15) is 0 Å². The first-order chi connectivity index (χ1) is 17.9. The molecule has 1 aliphatic rings. The number of carbonyl (C=O) groups is 1. The first-order valence-electron chi connectivity index (χ1n) is 13.2. The smallest absolute Gasteiger partial charge is 0.309 e. The van der Waals surface area contributed by atoms with Crippen LogP contribution in [-0.4, -0.2) is 45.3 Å². The topological polar surface area (TPSA) is 105 Å². The average Bonchev–Trinajstić information content (AvgIpc) is 3.30. The Bertz CT molecular complexity index is 1410. The van der Waals surface area contributed by atoms with E-state index >= 15 is 0 Å². The summed E-state index contributed by atoms with van der Waals surface area (Å²) in [7, 11) is -3.67. The molecule has 1 N–H and O–H groups in total. The fourth-order valence-corrected chi connectivity index (χ4v) is 7.13. The number of benzene rings is 2. The van der Waals surface area contributed by atoms with Crippen molar-refractivity contribution >= 4 is 16.0 Å². The van der Waals surface area contributed by atoms with Crippen molar-refractivity contribution in [3.63, 3.8) is 0 Å². The van der Waals surface area contributed by atoms with Gasteiger partial charge in [0.15, 0.2) is 0 Å². The zero-order valence-corrected chi connectivity index (χ0v) is 23.7. The number of fused-ring (bicyclic) bond motifs is 1. The molecule has 0 saturated carbocycles. The highest BCUT2D eigenvalue weighted by molar-refractivity contribution is 7.89. The summed E-state index contributed by atoms with van der Waals surface area (Å²) in [6, 6.07) is 13.2. The van der Waals surface area contributed by atoms with Crippen LogP contribution in [-0.2, 0) is 40.7 Å². The summed E-state index contributed by atoms with van der Waals surface area (Å²) < 4.78 is 30.7. The van der Waals surface area contributed by atoms with E-state index in [1.54, 1.807) is 35.0 Å². The van der Waals surface area contributed by atoms with E-state index in [0.717, 1.165) is 34.5 Å². The highest BCUT2D eigenvalue weighted by atomic mass is 32.2. The van der Waals surface area contributed by atoms with Gasteiger partial charge in [0.05, 0.1) is 16.0 Å². The van der Waals surface area contributed by atoms with E-state index in [4.69, 9.17) is 0 Å². The predicted molar refractivity (Wildman–Crippen MR) is 146 cm³/mol. The molecule has 0 unspecified atom stereocenters. The number of hydrogen-bond donors (Lipinski definition) is 1. The third-order valence-corrected chi connectivity index (χ3v) is 9.73. The number of carboxylic acids is 1. The van der Waals surface area contributed by atoms with Crippen LogP contribution >= 0.6 is 0 Å². The lowest BCUT2D eigenvalue weighted by atomic mass is 9.72. The average molecular weight is 539 g/mol. The standard InChI is InChI=1S/C29H38N4O4S/c1-6-32-19-25(30-31-32)13-14-26(29(4,5)28(34)35)22-12-11-21(3)24(16-22)18-33-17-20(2)15-23-9-7-8-10-27(23)38(33,36)37/h7-12,16,19-20,26H,6,13-15,17-18H2,1-5H3,(H,34,35)/t20-,26+/m0/s1. The Labute approximate surface area is 225 Å². The van der Waals surface area contributed by atoms with Crippen LogP contribution < -0.4 is 0 Å². The maximum atomic E-state index is 13.7. The van der Waals surface area contributed by atoms with Crippen LogP contribution in [0.1, 0.15) is 68.0 Å². The second-order valence-corrected chi connectivity index (χ2v) is 13.0. The number of nitrogens with zero attached hydrogens (tertiary/aromatic N) is 4. The number of rotatable bonds is 9. The third kappa shape index (κ3) is 5.68. The molecule has 8 nitrogen and oxygen atoms in total. The molecule has 4 rings (SSSR count). The van der Waals surface area contributed by atoms with Crippen LogP contribution in [0, 0.1) is 18.3 Å². The summed E-state index contributed by atoms with van der Waals surface area (Å²) in [6.45, 7) is 10.9. The second-order valence-electron chi connectivity index (χ2n) is 11.1. The Kier molecular flexibility index (Phi) is 8.09. The molecule has 1 aromatic heterocycles. The number of aromatic nitrogens is 3. The van der Waals surface area contributed by atoms with Crippen molar-refractivity contribution in [2.75, 3.05) is 6.54 Å². The molecule has 0 spiro atoms. The minimum Gasteiger partial charge on any atom is -0.481 e. The lowest BCUT2D eigenvalue weighted by Gasteiger charge is -2.32. The maximum absolute atomic E-state index is 13.7. The van der Waals surface area contributed by atoms with E-state index in [1.165, 1.54) is 0 Å². The van der Waals surface area contributed by atoms with Gasteiger partial charge in [0, 0.05) is 25.8 Å². The van der Waals surface area contributed by atoms with Crippen LogP contribution in [0.3, 0.4) is 0 Å². The Morgan fingerprint density at radius 3 is 2.63 bits per heavy atom. The van der Waals surface area contributed by atoms with E-state index in [0.29, 0.717) is 30.7 Å². The molecule has 2 atom stereocenters. The van der Waals surface area contributed by atoms with Crippen LogP contribution in [0.15, 0.2) is 53.6 Å². The quantitative estimate of drug-likeness (QED) is 0.419. The van der Waals surface area contributed by atoms with Crippen LogP contribution in [0.25, 0.3) is 0 Å². The van der Waals surface area contributed by atoms with Crippen molar-refractivity contribution in [3.05, 3.63) is 76.6 Å². The number of carboxylic acid groups (broad SMARTS) is 1. The van der Waals surface area contributed by atoms with Crippen LogP contribution in [0.2, 0.25) is 0 Å². The SMILES string of the molecule is CCn1cc(CC[C@H](c2ccc(C)c(CN3C[C@@H](C)Cc4ccccc4S3(=O)=O)c2)C(C)(C)C(=O)O)nn1. The van der Waals surface area contributed by atoms with Crippen LogP contribution in [0.4, 0.5) is 0 Å². The largest absolute Gasteiger partial charge is 0.481 e. The normalized spacial score (nSPS) is 18.5. The Hall–Kier alpha value is -3.04. The Morgan fingerprint density at radius 1 is 1.21 bits per heavy atom. The van der Waals surface area contributed by atoms with E-state index in [1.807, 2.05) is 50.4 Å². The Morgan fingerprint density at radius 2 is 1.95 bits per heavy atom. The number of aliphatic carboxylic acids is 1. The van der Waals surface area contributed by atoms with Gasteiger partial charge in [0.25, 0.3) is 0 Å². The molecule has 0 saturated heterocycles. The fourth-order valence-electron chi connectivity index (χ4n) is 5.36. The molecule has 2 heterocycles. The highest BCUT2D eigenvalue weighted by Crippen LogP contribution is 2.40. The molecule has 38 heavy (non-hydrogen) atoms. The van der Waals surface area contributed by atoms with Crippen molar-refractivity contribution in [1.29, 1.82) is 0 Å². The first-order valence-corrected chi connectivity index (χ1v) is 14.7. The highest BCUT2D eigenvalue weighted by Gasteiger charge is 2.38. The Balaban J connectivity index is 1.67. The van der Waals surface area contributed by atoms with Gasteiger partial charge < -0.3 is 5.11 Å². The molecule has 2 aromatic carbocycles. The summed E-state index contributed by atoms with van der Waals surface area (Å²) in [5.41, 5.74) is 3.41. The van der Waals surface area contributed by atoms with Gasteiger partial charge >= 0.3 is 5.97 Å². The van der Waals surface area contributed by atoms with Crippen LogP contribution in [0.5, 0.6) is 0 Å². The number of aryl methyl sites for hydroxylation is 3. The summed E-state index contributed by atoms with van der Waals surface area (Å²) in [6.07, 6.45) is 3.78. The van der Waals surface area contributed by atoms with Crippen molar-refractivity contribution in [2.24, 2.45) is 11.3 Å². The van der Waals surface area contributed by atoms with Crippen molar-refractivity contribution in [2.45, 2.75) is 77.8 Å². The van der Waals surface area contributed by atoms with E-state index < -0.39 is 21.4 Å². The molecule has 9 heteroatoms. The maximum Gasteiger partial charge on any atom is 0.309 e. The number of sulfonamides is 1. The summed E-state index contributed by atoms with van der Waals surface area (Å²) in [5.74, 6) is -0.999. The van der Waals surface area contributed by atoms with Crippen molar-refractivity contribution in [3.8, 4) is 0 Å². The molecular weight excluding hydrogens is 500 g/mol. The van der Waals surface area contributed by atoms with E-state index in [9.17, 15) is 18.3 Å². The predicted octanol–water partition coefficient (Wildman–Crippen LogP) is 4.82. The molecule has 204 valence electrons. The lowest BCUT2D eigenvalue weighted by Crippen LogP contribution is -2.33. The molecule has 0 fully saturated rings. The lowest BCUT2D eigenvalue weighted by molar-refractivity contribution is -0.148.